The van der Waals surface area contributed by atoms with Gasteiger partial charge < -0.3 is 15.4 Å². The van der Waals surface area contributed by atoms with Gasteiger partial charge in [-0.2, -0.15) is 5.10 Å². The predicted octanol–water partition coefficient (Wildman–Crippen LogP) is 4.05. The zero-order valence-electron chi connectivity index (χ0n) is 16.8. The number of fused-ring (bicyclic) bond motifs is 1. The molecule has 3 aromatic heterocycles. The van der Waals surface area contributed by atoms with Crippen molar-refractivity contribution >= 4 is 22.8 Å². The van der Waals surface area contributed by atoms with Gasteiger partial charge in [0.05, 0.1) is 18.1 Å². The first-order chi connectivity index (χ1) is 14.1. The van der Waals surface area contributed by atoms with Crippen molar-refractivity contribution in [3.63, 3.8) is 0 Å². The van der Waals surface area contributed by atoms with Crippen molar-refractivity contribution in [2.75, 3.05) is 5.32 Å². The van der Waals surface area contributed by atoms with Crippen LogP contribution in [0.25, 0.3) is 11.0 Å². The Morgan fingerprint density at radius 2 is 2.10 bits per heavy atom. The summed E-state index contributed by atoms with van der Waals surface area (Å²) in [6.07, 6.45) is 9.85. The molecule has 0 atom stereocenters. The van der Waals surface area contributed by atoms with Gasteiger partial charge in [-0.05, 0) is 51.7 Å². The Balaban J connectivity index is 1.37. The van der Waals surface area contributed by atoms with Crippen LogP contribution in [0, 0.1) is 0 Å². The van der Waals surface area contributed by atoms with Crippen molar-refractivity contribution in [3.05, 3.63) is 42.4 Å². The number of nitrogens with zero attached hydrogens (tertiary/aromatic N) is 4. The summed E-state index contributed by atoms with van der Waals surface area (Å²) in [5.41, 5.74) is 2.28. The van der Waals surface area contributed by atoms with Crippen molar-refractivity contribution in [2.45, 2.75) is 58.2 Å². The standard InChI is InChI=1S/C21H26N6O2/c1-14(2)27-19-16(12-25-27)10-17(13-23-19)26-21(28)24-11-15-6-5-9-22-20(15)29-18-7-3-4-8-18/h5-6,9-10,12-14,18H,3-4,7-8,11H2,1-2H3,(H2,24,26,28). The number of urea groups is 1. The smallest absolute Gasteiger partial charge is 0.319 e. The number of pyridine rings is 2. The molecule has 1 aliphatic rings. The van der Waals surface area contributed by atoms with E-state index in [0.717, 1.165) is 29.4 Å². The lowest BCUT2D eigenvalue weighted by Crippen LogP contribution is -2.28. The van der Waals surface area contributed by atoms with E-state index in [1.807, 2.05) is 22.9 Å². The van der Waals surface area contributed by atoms with Gasteiger partial charge in [0.15, 0.2) is 5.65 Å². The van der Waals surface area contributed by atoms with E-state index in [4.69, 9.17) is 4.74 Å². The fraction of sp³-hybridized carbons (Fsp3) is 0.429. The van der Waals surface area contributed by atoms with Gasteiger partial charge in [-0.3, -0.25) is 0 Å². The predicted molar refractivity (Wildman–Crippen MR) is 111 cm³/mol. The Bertz CT molecular complexity index is 994. The molecule has 2 N–H and O–H groups in total. The van der Waals surface area contributed by atoms with Gasteiger partial charge in [-0.25, -0.2) is 19.4 Å². The molecule has 0 aromatic carbocycles. The average Bonchev–Trinajstić information content (AvgIpc) is 3.36. The summed E-state index contributed by atoms with van der Waals surface area (Å²) in [5.74, 6) is 0.601. The minimum Gasteiger partial charge on any atom is -0.474 e. The van der Waals surface area contributed by atoms with E-state index >= 15 is 0 Å². The third kappa shape index (κ3) is 4.47. The number of carbonyl (C=O) groups excluding carboxylic acids is 1. The molecule has 1 aliphatic carbocycles. The van der Waals surface area contributed by atoms with Crippen LogP contribution in [0.3, 0.4) is 0 Å². The summed E-state index contributed by atoms with van der Waals surface area (Å²) in [6, 6.07) is 5.55. The number of amides is 2. The molecule has 0 aliphatic heterocycles. The molecule has 0 saturated heterocycles. The summed E-state index contributed by atoms with van der Waals surface area (Å²) in [7, 11) is 0. The van der Waals surface area contributed by atoms with Gasteiger partial charge in [-0.1, -0.05) is 6.07 Å². The van der Waals surface area contributed by atoms with Gasteiger partial charge in [0.2, 0.25) is 5.88 Å². The fourth-order valence-electron chi connectivity index (χ4n) is 3.57. The Morgan fingerprint density at radius 3 is 2.90 bits per heavy atom. The lowest BCUT2D eigenvalue weighted by atomic mass is 10.2. The number of aromatic nitrogens is 4. The summed E-state index contributed by atoms with van der Waals surface area (Å²) >= 11 is 0. The first-order valence-electron chi connectivity index (χ1n) is 10.1. The molecule has 29 heavy (non-hydrogen) atoms. The van der Waals surface area contributed by atoms with Crippen LogP contribution in [0.15, 0.2) is 36.8 Å². The van der Waals surface area contributed by atoms with Crippen LogP contribution in [0.5, 0.6) is 5.88 Å². The third-order valence-corrected chi connectivity index (χ3v) is 5.05. The molecule has 3 aromatic rings. The molecule has 1 saturated carbocycles. The second-order valence-corrected chi connectivity index (χ2v) is 7.62. The molecule has 8 heteroatoms. The fourth-order valence-corrected chi connectivity index (χ4v) is 3.57. The first kappa shape index (κ1) is 19.2. The SMILES string of the molecule is CC(C)n1ncc2cc(NC(=O)NCc3cccnc3OC3CCCC3)cnc21. The molecule has 0 radical (unpaired) electrons. The second-order valence-electron chi connectivity index (χ2n) is 7.62. The molecular weight excluding hydrogens is 368 g/mol. The van der Waals surface area contributed by atoms with Crippen LogP contribution < -0.4 is 15.4 Å². The number of hydrogen-bond acceptors (Lipinski definition) is 5. The summed E-state index contributed by atoms with van der Waals surface area (Å²) in [4.78, 5) is 21.1. The minimum absolute atomic E-state index is 0.224. The minimum atomic E-state index is -0.307. The largest absolute Gasteiger partial charge is 0.474 e. The Kier molecular flexibility index (Phi) is 5.59. The van der Waals surface area contributed by atoms with Crippen molar-refractivity contribution in [1.82, 2.24) is 25.1 Å². The van der Waals surface area contributed by atoms with E-state index in [1.54, 1.807) is 18.6 Å². The van der Waals surface area contributed by atoms with Gasteiger partial charge in [0, 0.05) is 29.7 Å². The molecule has 0 unspecified atom stereocenters. The lowest BCUT2D eigenvalue weighted by molar-refractivity contribution is 0.199. The van der Waals surface area contributed by atoms with E-state index in [1.165, 1.54) is 12.8 Å². The molecule has 152 valence electrons. The van der Waals surface area contributed by atoms with E-state index in [2.05, 4.69) is 39.5 Å². The maximum atomic E-state index is 12.4. The summed E-state index contributed by atoms with van der Waals surface area (Å²) in [6.45, 7) is 4.44. The number of nitrogens with one attached hydrogen (secondary N) is 2. The Hall–Kier alpha value is -3.16. The molecule has 3 heterocycles. The van der Waals surface area contributed by atoms with Crippen LogP contribution in [0.4, 0.5) is 10.5 Å². The summed E-state index contributed by atoms with van der Waals surface area (Å²) in [5, 5.41) is 10.9. The van der Waals surface area contributed by atoms with Crippen LogP contribution in [-0.4, -0.2) is 31.9 Å². The van der Waals surface area contributed by atoms with Gasteiger partial charge in [-0.15, -0.1) is 0 Å². The second kappa shape index (κ2) is 8.46. The Labute approximate surface area is 169 Å². The number of anilines is 1. The quantitative estimate of drug-likeness (QED) is 0.658. The van der Waals surface area contributed by atoms with Gasteiger partial charge >= 0.3 is 6.03 Å². The van der Waals surface area contributed by atoms with E-state index in [0.29, 0.717) is 18.1 Å². The first-order valence-corrected chi connectivity index (χ1v) is 10.1. The summed E-state index contributed by atoms with van der Waals surface area (Å²) < 4.78 is 7.88. The van der Waals surface area contributed by atoms with Crippen LogP contribution in [-0.2, 0) is 6.54 Å². The van der Waals surface area contributed by atoms with E-state index in [9.17, 15) is 4.79 Å². The number of carbonyl (C=O) groups is 1. The monoisotopic (exact) mass is 394 g/mol. The van der Waals surface area contributed by atoms with Crippen molar-refractivity contribution < 1.29 is 9.53 Å². The maximum Gasteiger partial charge on any atom is 0.319 e. The van der Waals surface area contributed by atoms with Crippen molar-refractivity contribution in [2.24, 2.45) is 0 Å². The van der Waals surface area contributed by atoms with Crippen molar-refractivity contribution in [1.29, 1.82) is 0 Å². The van der Waals surface area contributed by atoms with Crippen LogP contribution >= 0.6 is 0 Å². The average molecular weight is 394 g/mol. The van der Waals surface area contributed by atoms with E-state index < -0.39 is 0 Å². The van der Waals surface area contributed by atoms with Crippen LogP contribution in [0.1, 0.15) is 51.1 Å². The number of rotatable bonds is 6. The van der Waals surface area contributed by atoms with Gasteiger partial charge in [0.1, 0.15) is 6.10 Å². The zero-order chi connectivity index (χ0) is 20.2. The molecule has 0 bridgehead atoms. The maximum absolute atomic E-state index is 12.4. The van der Waals surface area contributed by atoms with Crippen LogP contribution in [0.2, 0.25) is 0 Å². The zero-order valence-corrected chi connectivity index (χ0v) is 16.8. The third-order valence-electron chi connectivity index (χ3n) is 5.05. The highest BCUT2D eigenvalue weighted by atomic mass is 16.5. The van der Waals surface area contributed by atoms with Gasteiger partial charge in [0.25, 0.3) is 0 Å². The molecule has 2 amide bonds. The highest BCUT2D eigenvalue weighted by molar-refractivity contribution is 5.91. The molecule has 4 rings (SSSR count). The normalized spacial score (nSPS) is 14.4. The highest BCUT2D eigenvalue weighted by Gasteiger charge is 2.18. The molecule has 8 nitrogen and oxygen atoms in total. The number of hydrogen-bond donors (Lipinski definition) is 2. The highest BCUT2D eigenvalue weighted by Crippen LogP contribution is 2.25. The lowest BCUT2D eigenvalue weighted by Gasteiger charge is -2.15. The van der Waals surface area contributed by atoms with E-state index in [-0.39, 0.29) is 18.2 Å². The number of ether oxygens (including phenoxy) is 1. The topological polar surface area (TPSA) is 94.0 Å². The molecule has 0 spiro atoms. The molecular formula is C21H26N6O2. The van der Waals surface area contributed by atoms with Crippen molar-refractivity contribution in [3.8, 4) is 5.88 Å². The molecule has 1 fully saturated rings. The Morgan fingerprint density at radius 1 is 1.28 bits per heavy atom.